The molecule has 0 radical (unpaired) electrons. The largest absolute Gasteiger partial charge is 0.375 e. The number of nitrogens with zero attached hydrogens (tertiary/aromatic N) is 4. The lowest BCUT2D eigenvalue weighted by molar-refractivity contribution is -0.383. The number of aromatic nitrogens is 4. The van der Waals surface area contributed by atoms with Crippen molar-refractivity contribution in [3.63, 3.8) is 0 Å². The van der Waals surface area contributed by atoms with Gasteiger partial charge in [0.25, 0.3) is 11.2 Å². The standard InChI is InChI=1S/C18H14N6O3/c25-18-14-6-17(24(26)27)16(7-15(14)20-11-21-18)19-8-12-9-22-23(10-12)13-4-2-1-3-5-13/h1-7,9-11,19H,8H2,(H,20,21,25). The topological polar surface area (TPSA) is 119 Å². The Labute approximate surface area is 152 Å². The van der Waals surface area contributed by atoms with Crippen molar-refractivity contribution < 1.29 is 4.92 Å². The van der Waals surface area contributed by atoms with E-state index in [1.807, 2.05) is 36.5 Å². The first-order valence-electron chi connectivity index (χ1n) is 8.10. The molecule has 0 saturated heterocycles. The minimum atomic E-state index is -0.526. The second-order valence-electron chi connectivity index (χ2n) is 5.86. The van der Waals surface area contributed by atoms with Gasteiger partial charge < -0.3 is 10.3 Å². The van der Waals surface area contributed by atoms with E-state index < -0.39 is 10.5 Å². The molecule has 0 aliphatic carbocycles. The number of anilines is 1. The van der Waals surface area contributed by atoms with E-state index in [0.29, 0.717) is 12.1 Å². The molecule has 0 amide bonds. The number of H-pyrrole nitrogens is 1. The molecule has 0 saturated carbocycles. The molecule has 9 nitrogen and oxygen atoms in total. The molecule has 27 heavy (non-hydrogen) atoms. The zero-order chi connectivity index (χ0) is 18.8. The molecule has 0 aliphatic rings. The van der Waals surface area contributed by atoms with E-state index in [1.165, 1.54) is 18.5 Å². The molecule has 0 unspecified atom stereocenters. The van der Waals surface area contributed by atoms with Gasteiger partial charge in [0.1, 0.15) is 5.69 Å². The first-order valence-corrected chi connectivity index (χ1v) is 8.10. The fraction of sp³-hybridized carbons (Fsp3) is 0.0556. The van der Waals surface area contributed by atoms with E-state index in [1.54, 1.807) is 10.9 Å². The van der Waals surface area contributed by atoms with Crippen LogP contribution in [0.15, 0.2) is 66.0 Å². The number of rotatable bonds is 5. The molecule has 9 heteroatoms. The van der Waals surface area contributed by atoms with E-state index in [9.17, 15) is 14.9 Å². The van der Waals surface area contributed by atoms with Crippen molar-refractivity contribution in [1.29, 1.82) is 0 Å². The number of fused-ring (bicyclic) bond motifs is 1. The molecular formula is C18H14N6O3. The molecular weight excluding hydrogens is 348 g/mol. The fourth-order valence-corrected chi connectivity index (χ4v) is 2.77. The minimum absolute atomic E-state index is 0.173. The van der Waals surface area contributed by atoms with Crippen LogP contribution in [0.4, 0.5) is 11.4 Å². The van der Waals surface area contributed by atoms with Gasteiger partial charge in [-0.05, 0) is 18.2 Å². The monoisotopic (exact) mass is 362 g/mol. The number of nitro benzene ring substituents is 1. The van der Waals surface area contributed by atoms with E-state index in [2.05, 4.69) is 20.4 Å². The molecule has 2 aromatic heterocycles. The van der Waals surface area contributed by atoms with Crippen molar-refractivity contribution in [3.8, 4) is 5.69 Å². The van der Waals surface area contributed by atoms with Crippen LogP contribution in [-0.4, -0.2) is 24.7 Å². The smallest absolute Gasteiger partial charge is 0.293 e. The number of nitrogens with one attached hydrogen (secondary N) is 2. The van der Waals surface area contributed by atoms with Crippen molar-refractivity contribution in [2.24, 2.45) is 0 Å². The lowest BCUT2D eigenvalue weighted by atomic mass is 10.2. The van der Waals surface area contributed by atoms with Crippen LogP contribution in [-0.2, 0) is 6.54 Å². The molecule has 2 heterocycles. The third-order valence-electron chi connectivity index (χ3n) is 4.09. The fourth-order valence-electron chi connectivity index (χ4n) is 2.77. The van der Waals surface area contributed by atoms with Gasteiger partial charge in [0.15, 0.2) is 0 Å². The second-order valence-corrected chi connectivity index (χ2v) is 5.86. The maximum Gasteiger partial charge on any atom is 0.293 e. The van der Waals surface area contributed by atoms with Gasteiger partial charge >= 0.3 is 0 Å². The summed E-state index contributed by atoms with van der Waals surface area (Å²) in [5, 5.41) is 18.9. The summed E-state index contributed by atoms with van der Waals surface area (Å²) in [6, 6.07) is 12.4. The highest BCUT2D eigenvalue weighted by Gasteiger charge is 2.17. The van der Waals surface area contributed by atoms with Gasteiger partial charge in [-0.1, -0.05) is 18.2 Å². The number of hydrogen-bond acceptors (Lipinski definition) is 6. The Bertz CT molecular complexity index is 1180. The van der Waals surface area contributed by atoms with Crippen molar-refractivity contribution in [3.05, 3.63) is 87.2 Å². The summed E-state index contributed by atoms with van der Waals surface area (Å²) in [6.07, 6.45) is 4.80. The minimum Gasteiger partial charge on any atom is -0.375 e. The van der Waals surface area contributed by atoms with Gasteiger partial charge in [0.05, 0.1) is 34.0 Å². The summed E-state index contributed by atoms with van der Waals surface area (Å²) < 4.78 is 1.73. The lowest BCUT2D eigenvalue weighted by Gasteiger charge is -2.07. The van der Waals surface area contributed by atoms with Gasteiger partial charge in [-0.15, -0.1) is 0 Å². The number of nitro groups is 1. The van der Waals surface area contributed by atoms with E-state index in [-0.39, 0.29) is 16.8 Å². The first kappa shape index (κ1) is 16.5. The van der Waals surface area contributed by atoms with Crippen molar-refractivity contribution in [2.75, 3.05) is 5.32 Å². The van der Waals surface area contributed by atoms with Crippen molar-refractivity contribution >= 4 is 22.3 Å². The van der Waals surface area contributed by atoms with Gasteiger partial charge in [-0.2, -0.15) is 5.10 Å². The molecule has 0 spiro atoms. The van der Waals surface area contributed by atoms with Crippen LogP contribution in [0.1, 0.15) is 5.56 Å². The van der Waals surface area contributed by atoms with Crippen molar-refractivity contribution in [2.45, 2.75) is 6.54 Å². The normalized spacial score (nSPS) is 10.8. The maximum absolute atomic E-state index is 11.8. The van der Waals surface area contributed by atoms with E-state index in [4.69, 9.17) is 0 Å². The highest BCUT2D eigenvalue weighted by atomic mass is 16.6. The molecule has 0 atom stereocenters. The van der Waals surface area contributed by atoms with Gasteiger partial charge in [0.2, 0.25) is 0 Å². The number of para-hydroxylation sites is 1. The van der Waals surface area contributed by atoms with Crippen LogP contribution in [0, 0.1) is 10.1 Å². The quantitative estimate of drug-likeness (QED) is 0.416. The molecule has 2 aromatic carbocycles. The maximum atomic E-state index is 11.8. The molecule has 0 aliphatic heterocycles. The zero-order valence-electron chi connectivity index (χ0n) is 14.0. The van der Waals surface area contributed by atoms with Crippen LogP contribution >= 0.6 is 0 Å². The summed E-state index contributed by atoms with van der Waals surface area (Å²) in [4.78, 5) is 29.2. The average molecular weight is 362 g/mol. The molecule has 2 N–H and O–H groups in total. The Kier molecular flexibility index (Phi) is 4.09. The zero-order valence-corrected chi connectivity index (χ0v) is 14.0. The molecule has 4 rings (SSSR count). The van der Waals surface area contributed by atoms with E-state index in [0.717, 1.165) is 11.3 Å². The van der Waals surface area contributed by atoms with Crippen LogP contribution in [0.25, 0.3) is 16.6 Å². The van der Waals surface area contributed by atoms with Gasteiger partial charge in [-0.25, -0.2) is 9.67 Å². The summed E-state index contributed by atoms with van der Waals surface area (Å²) in [7, 11) is 0. The predicted molar refractivity (Wildman–Crippen MR) is 99.9 cm³/mol. The highest BCUT2D eigenvalue weighted by molar-refractivity contribution is 5.86. The van der Waals surface area contributed by atoms with Crippen LogP contribution < -0.4 is 10.9 Å². The second kappa shape index (κ2) is 6.71. The Hall–Kier alpha value is -4.01. The summed E-state index contributed by atoms with van der Waals surface area (Å²) in [5.41, 5.74) is 1.84. The average Bonchev–Trinajstić information content (AvgIpc) is 3.16. The number of hydrogen-bond donors (Lipinski definition) is 2. The van der Waals surface area contributed by atoms with Gasteiger partial charge in [0, 0.05) is 24.4 Å². The Balaban J connectivity index is 1.62. The summed E-state index contributed by atoms with van der Waals surface area (Å²) >= 11 is 0. The molecule has 0 fully saturated rings. The van der Waals surface area contributed by atoms with Gasteiger partial charge in [-0.3, -0.25) is 14.9 Å². The first-order chi connectivity index (χ1) is 13.1. The molecule has 134 valence electrons. The molecule has 0 bridgehead atoms. The summed E-state index contributed by atoms with van der Waals surface area (Å²) in [5.74, 6) is 0. The number of aromatic amines is 1. The Morgan fingerprint density at radius 2 is 2.04 bits per heavy atom. The van der Waals surface area contributed by atoms with Crippen molar-refractivity contribution in [1.82, 2.24) is 19.7 Å². The Morgan fingerprint density at radius 3 is 2.81 bits per heavy atom. The van der Waals surface area contributed by atoms with E-state index >= 15 is 0 Å². The SMILES string of the molecule is O=c1[nH]cnc2cc(NCc3cnn(-c4ccccc4)c3)c([N+](=O)[O-])cc12. The lowest BCUT2D eigenvalue weighted by Crippen LogP contribution is -2.08. The molecule has 4 aromatic rings. The third-order valence-corrected chi connectivity index (χ3v) is 4.09. The Morgan fingerprint density at radius 1 is 1.22 bits per heavy atom. The third kappa shape index (κ3) is 3.25. The highest BCUT2D eigenvalue weighted by Crippen LogP contribution is 2.28. The van der Waals surface area contributed by atoms with Crippen LogP contribution in [0.5, 0.6) is 0 Å². The summed E-state index contributed by atoms with van der Waals surface area (Å²) in [6.45, 7) is 0.336. The predicted octanol–water partition coefficient (Wildman–Crippen LogP) is 2.63. The number of benzene rings is 2. The van der Waals surface area contributed by atoms with Crippen LogP contribution in [0.3, 0.4) is 0 Å². The van der Waals surface area contributed by atoms with Crippen LogP contribution in [0.2, 0.25) is 0 Å².